The number of hydrogen-bond acceptors (Lipinski definition) is 60. The lowest BCUT2D eigenvalue weighted by atomic mass is 9.93. The molecule has 11 fully saturated rings. The van der Waals surface area contributed by atoms with Crippen molar-refractivity contribution in [3.8, 4) is 0 Å². The Labute approximate surface area is 833 Å². The van der Waals surface area contributed by atoms with Crippen molar-refractivity contribution in [3.63, 3.8) is 0 Å². The topological polar surface area (TPSA) is 1020 Å². The first kappa shape index (κ1) is 122. The van der Waals surface area contributed by atoms with Crippen LogP contribution in [0.1, 0.15) is 41.5 Å². The van der Waals surface area contributed by atoms with Gasteiger partial charge in [0.05, 0.1) is 91.4 Å². The Bertz CT molecular complexity index is 4050. The maximum Gasteiger partial charge on any atom is 0.217 e. The molecular formula is C82H139N5O60. The molecular weight excluding hydrogens is 2010 g/mol. The van der Waals surface area contributed by atoms with Crippen LogP contribution in [0.5, 0.6) is 0 Å². The van der Waals surface area contributed by atoms with Crippen LogP contribution in [0.3, 0.4) is 0 Å². The summed E-state index contributed by atoms with van der Waals surface area (Å²) in [5.41, 5.74) is 0. The number of carbonyl (C=O) groups excluding carboxylic acids is 5. The average Bonchev–Trinajstić information content (AvgIpc) is 0.761. The Balaban J connectivity index is 1.00. The standard InChI is InChI=1S/C82H139N5O60/c1-19-41(104)52(115)57(120)76(128-19)126-17-26(103)63(42(105)25(7-88)83-20(2)98)139-72-37(84-21(3)99)49(112)66(34(15-96)134-72)143-80-62(125)69(48(111)36(138-80)18-127-81-70(56(119)46(109)30(11-92)133-81)146-73-38(85-22(4)100)50(113)64(32(13-94)135-73)141-77-58(121)53(116)43(106)27(8-89)130-77)145-82-71(147-74-39(86-23(5)101)51(114)65(33(14-95)136-74)142-78-59(122)54(117)44(107)28(9-90)131-78)61(124)67(35(16-97)137-82)140-75-40(87-24(6)102)68(47(110)31(12-93)129-75)144-79-60(123)55(118)45(108)29(10-91)132-79/h19,25-82,88-97,103-125H,7-18H2,1-6H3,(H,83,98)(H,84,99)(H,85,100)(H,86,101)(H,87,102)/t19-,25-,26+,27+,28+,29+,30+,31+,32+,33+,34+,35+,36+,37+,38+,39+,40+,41+,42+,43-,44-,45-,46+,47+,48+,49+,50+,51+,52+,53-,54-,55-,56-,57-,58+,59+,60+,61-,62-,63+,64+,65+,66+,67+,68+,69-,70-,71-,72-,73-,74-,75-,76+,77-,78-,79-,80-,81-,82+/m0/s1. The van der Waals surface area contributed by atoms with E-state index in [0.29, 0.717) is 0 Å². The minimum atomic E-state index is -2.83. The van der Waals surface area contributed by atoms with Crippen molar-refractivity contribution in [2.45, 2.75) is 403 Å². The number of amides is 5. The van der Waals surface area contributed by atoms with Gasteiger partial charge in [-0.05, 0) is 6.92 Å². The zero-order valence-corrected chi connectivity index (χ0v) is 79.3. The number of carbonyl (C=O) groups is 5. The third kappa shape index (κ3) is 27.9. The van der Waals surface area contributed by atoms with Crippen LogP contribution in [0.25, 0.3) is 0 Å². The normalized spacial score (nSPS) is 47.3. The van der Waals surface area contributed by atoms with Crippen LogP contribution in [0, 0.1) is 0 Å². The van der Waals surface area contributed by atoms with Crippen molar-refractivity contribution in [1.29, 1.82) is 0 Å². The molecule has 11 aliphatic rings. The number of nitrogens with one attached hydrogen (secondary N) is 5. The molecule has 59 atom stereocenters. The molecule has 0 radical (unpaired) electrons. The number of aliphatic hydroxyl groups is 33. The van der Waals surface area contributed by atoms with E-state index in [-0.39, 0.29) is 0 Å². The first-order valence-electron chi connectivity index (χ1n) is 46.9. The zero-order chi connectivity index (χ0) is 109. The van der Waals surface area contributed by atoms with Gasteiger partial charge in [-0.3, -0.25) is 24.0 Å². The van der Waals surface area contributed by atoms with Gasteiger partial charge in [0.2, 0.25) is 29.5 Å². The molecule has 0 aromatic carbocycles. The van der Waals surface area contributed by atoms with E-state index in [1.807, 2.05) is 0 Å². The molecule has 11 rings (SSSR count). The summed E-state index contributed by atoms with van der Waals surface area (Å²) in [7, 11) is 0. The van der Waals surface area contributed by atoms with Crippen molar-refractivity contribution in [1.82, 2.24) is 26.6 Å². The molecule has 0 aromatic heterocycles. The molecule has 11 heterocycles. The molecule has 11 aliphatic heterocycles. The molecule has 0 spiro atoms. The maximum absolute atomic E-state index is 13.5. The fourth-order valence-corrected chi connectivity index (χ4v) is 18.8. The van der Waals surface area contributed by atoms with E-state index < -0.39 is 471 Å². The summed E-state index contributed by atoms with van der Waals surface area (Å²) < 4.78 is 132. The molecule has 11 saturated heterocycles. The third-order valence-corrected chi connectivity index (χ3v) is 26.7. The van der Waals surface area contributed by atoms with Crippen LogP contribution in [0.15, 0.2) is 0 Å². The fraction of sp³-hybridized carbons (Fsp3) is 0.939. The molecule has 147 heavy (non-hydrogen) atoms. The largest absolute Gasteiger partial charge is 0.394 e. The molecule has 0 aromatic rings. The lowest BCUT2D eigenvalue weighted by Gasteiger charge is -2.52. The van der Waals surface area contributed by atoms with E-state index in [0.717, 1.165) is 34.6 Å². The Morgan fingerprint density at radius 2 is 0.544 bits per heavy atom. The van der Waals surface area contributed by atoms with E-state index >= 15 is 0 Å². The summed E-state index contributed by atoms with van der Waals surface area (Å²) >= 11 is 0. The lowest BCUT2D eigenvalue weighted by molar-refractivity contribution is -0.406. The lowest BCUT2D eigenvalue weighted by Crippen LogP contribution is -2.71. The highest BCUT2D eigenvalue weighted by Crippen LogP contribution is 2.43. The predicted octanol–water partition coefficient (Wildman–Crippen LogP) is -25.8. The van der Waals surface area contributed by atoms with E-state index in [1.165, 1.54) is 6.92 Å². The zero-order valence-electron chi connectivity index (χ0n) is 79.3. The summed E-state index contributed by atoms with van der Waals surface area (Å²) in [6, 6.07) is -10.3. The van der Waals surface area contributed by atoms with Crippen LogP contribution in [-0.4, -0.2) is 639 Å². The van der Waals surface area contributed by atoms with Gasteiger partial charge in [0, 0.05) is 34.6 Å². The quantitative estimate of drug-likeness (QED) is 0.0270. The van der Waals surface area contributed by atoms with Gasteiger partial charge in [-0.25, -0.2) is 0 Å². The Kier molecular flexibility index (Phi) is 45.1. The van der Waals surface area contributed by atoms with E-state index in [4.69, 9.17) is 104 Å². The molecule has 65 nitrogen and oxygen atoms in total. The highest BCUT2D eigenvalue weighted by molar-refractivity contribution is 5.75. The second-order valence-electron chi connectivity index (χ2n) is 37.1. The highest BCUT2D eigenvalue weighted by atomic mass is 16.8. The summed E-state index contributed by atoms with van der Waals surface area (Å²) in [4.78, 5) is 66.0. The third-order valence-electron chi connectivity index (χ3n) is 26.7. The van der Waals surface area contributed by atoms with Gasteiger partial charge in [0.25, 0.3) is 0 Å². The Hall–Kier alpha value is -4.85. The second-order valence-corrected chi connectivity index (χ2v) is 37.1. The molecule has 38 N–H and O–H groups in total. The maximum atomic E-state index is 13.5. The monoisotopic (exact) mass is 2150 g/mol. The van der Waals surface area contributed by atoms with E-state index in [1.54, 1.807) is 0 Å². The van der Waals surface area contributed by atoms with Gasteiger partial charge in [-0.2, -0.15) is 0 Å². The predicted molar refractivity (Wildman–Crippen MR) is 454 cm³/mol. The number of aliphatic hydroxyl groups excluding tert-OH is 33. The first-order valence-corrected chi connectivity index (χ1v) is 46.9. The minimum Gasteiger partial charge on any atom is -0.394 e. The molecule has 852 valence electrons. The summed E-state index contributed by atoms with van der Waals surface area (Å²) in [5.74, 6) is -5.16. The van der Waals surface area contributed by atoms with Gasteiger partial charge in [-0.15, -0.1) is 0 Å². The Morgan fingerprint density at radius 3 is 0.952 bits per heavy atom. The smallest absolute Gasteiger partial charge is 0.217 e. The highest BCUT2D eigenvalue weighted by Gasteiger charge is 2.64. The molecule has 0 saturated carbocycles. The fourth-order valence-electron chi connectivity index (χ4n) is 18.8. The number of ether oxygens (including phenoxy) is 22. The van der Waals surface area contributed by atoms with Gasteiger partial charge < -0.3 is 299 Å². The van der Waals surface area contributed by atoms with Gasteiger partial charge in [0.15, 0.2) is 69.2 Å². The average molecular weight is 2150 g/mol. The van der Waals surface area contributed by atoms with Crippen LogP contribution in [-0.2, 0) is 128 Å². The van der Waals surface area contributed by atoms with Crippen LogP contribution < -0.4 is 26.6 Å². The number of hydrogen-bond donors (Lipinski definition) is 38. The van der Waals surface area contributed by atoms with Gasteiger partial charge >= 0.3 is 0 Å². The van der Waals surface area contributed by atoms with Gasteiger partial charge in [0.1, 0.15) is 281 Å². The summed E-state index contributed by atoms with van der Waals surface area (Å²) in [5, 5.41) is 385. The first-order chi connectivity index (χ1) is 69.5. The van der Waals surface area contributed by atoms with E-state index in [9.17, 15) is 192 Å². The molecule has 65 heteroatoms. The van der Waals surface area contributed by atoms with Crippen LogP contribution in [0.2, 0.25) is 0 Å². The van der Waals surface area contributed by atoms with Gasteiger partial charge in [-0.1, -0.05) is 0 Å². The number of rotatable bonds is 42. The SMILES string of the molecule is CC(=O)N[C@H]1[C@H](O[C@@H]([C@H](O)[C@H](CO)NC(C)=O)[C@H](O)CO[C@@H]2O[C@@H](C)[C@@H](O)[C@@H](O)[C@@H]2O)O[C@H](CO)[C@@H](O[C@@H]2O[C@H](CO[C@H]3O[C@H](CO)[C@@H](O)[C@H](O)[C@@H]3O[C@@H]3O[C@H](CO)[C@@H](O[C@@H]4O[C@H](CO)[C@H](O)[C@H](O)[C@H]4O)[C@H](O)[C@H]3NC(C)=O)[C@@H](O)[C@H](O[C@H]3O[C@H](CO)[C@@H](O[C@@H]4O[C@H](CO)[C@@H](O)[C@H](O[C@@H]5O[C@H](CO)[C@H](O)[C@H](O)[C@H]5O)[C@H]4NC(C)=O)[C@H](O)[C@@H]3O[C@@H]3O[C@H](CO)[C@@H](O[C@@H]4O[C@H](CO)[C@H](O)[C@H](O)[C@H]4O)[C@H](O)[C@H]3NC(C)=O)[C@@H]2O)[C@@H]1O. The molecule has 0 aliphatic carbocycles. The van der Waals surface area contributed by atoms with E-state index in [2.05, 4.69) is 26.6 Å². The van der Waals surface area contributed by atoms with Crippen molar-refractivity contribution >= 4 is 29.5 Å². The second kappa shape index (κ2) is 54.2. The minimum absolute atomic E-state index is 0.846. The summed E-state index contributed by atoms with van der Waals surface area (Å²) in [6.07, 6.45) is -119. The summed E-state index contributed by atoms with van der Waals surface area (Å²) in [6.45, 7) is -8.90. The van der Waals surface area contributed by atoms with Crippen LogP contribution in [0.4, 0.5) is 0 Å². The van der Waals surface area contributed by atoms with Crippen LogP contribution >= 0.6 is 0 Å². The van der Waals surface area contributed by atoms with Crippen molar-refractivity contribution in [3.05, 3.63) is 0 Å². The van der Waals surface area contributed by atoms with Crippen molar-refractivity contribution in [2.75, 3.05) is 79.3 Å². The Morgan fingerprint density at radius 1 is 0.252 bits per heavy atom. The van der Waals surface area contributed by atoms with Crippen molar-refractivity contribution in [2.24, 2.45) is 0 Å². The molecule has 0 unspecified atom stereocenters. The molecule has 5 amide bonds. The van der Waals surface area contributed by atoms with Crippen molar-refractivity contribution < 1.29 is 297 Å². The molecule has 0 bridgehead atoms.